The zero-order valence-corrected chi connectivity index (χ0v) is 8.34. The summed E-state index contributed by atoms with van der Waals surface area (Å²) in [4.78, 5) is 0. The van der Waals surface area contributed by atoms with Crippen LogP contribution in [0.1, 0.15) is 12.2 Å². The number of alkyl halides is 2. The third kappa shape index (κ3) is 1.80. The van der Waals surface area contributed by atoms with Crippen molar-refractivity contribution in [1.29, 1.82) is 0 Å². The van der Waals surface area contributed by atoms with Crippen molar-refractivity contribution in [1.82, 2.24) is 14.8 Å². The number of hydrogen-bond acceptors (Lipinski definition) is 2. The van der Waals surface area contributed by atoms with Gasteiger partial charge < -0.3 is 0 Å². The molecular weight excluding hydrogens is 220 g/mol. The summed E-state index contributed by atoms with van der Waals surface area (Å²) in [6.45, 7) is 0. The molecule has 15 heavy (non-hydrogen) atoms. The minimum Gasteiger partial charge on any atom is -0.267 e. The average molecular weight is 227 g/mol. The molecule has 2 aromatic rings. The minimum absolute atomic E-state index is 0.163. The van der Waals surface area contributed by atoms with Crippen LogP contribution in [0.3, 0.4) is 0 Å². The summed E-state index contributed by atoms with van der Waals surface area (Å²) >= 11 is 4.89. The first-order chi connectivity index (χ1) is 7.20. The van der Waals surface area contributed by atoms with Crippen molar-refractivity contribution < 1.29 is 8.78 Å². The Morgan fingerprint density at radius 2 is 1.93 bits per heavy atom. The SMILES string of the molecule is FC(F)c1n[nH]c(=S)n1-c1ccccc1. The fourth-order valence-electron chi connectivity index (χ4n) is 1.28. The van der Waals surface area contributed by atoms with Gasteiger partial charge in [0.05, 0.1) is 0 Å². The molecule has 0 bridgehead atoms. The lowest BCUT2D eigenvalue weighted by molar-refractivity contribution is 0.138. The molecule has 0 saturated heterocycles. The van der Waals surface area contributed by atoms with Crippen molar-refractivity contribution in [2.75, 3.05) is 0 Å². The lowest BCUT2D eigenvalue weighted by Crippen LogP contribution is -2.01. The minimum atomic E-state index is -2.65. The highest BCUT2D eigenvalue weighted by Gasteiger charge is 2.17. The summed E-state index contributed by atoms with van der Waals surface area (Å²) in [5.41, 5.74) is 0.576. The molecule has 2 rings (SSSR count). The first-order valence-electron chi connectivity index (χ1n) is 4.21. The largest absolute Gasteiger partial charge is 0.297 e. The van der Waals surface area contributed by atoms with E-state index in [1.54, 1.807) is 30.3 Å². The van der Waals surface area contributed by atoms with Crippen LogP contribution in [0.4, 0.5) is 8.78 Å². The van der Waals surface area contributed by atoms with Gasteiger partial charge in [0.25, 0.3) is 6.43 Å². The highest BCUT2D eigenvalue weighted by Crippen LogP contribution is 2.20. The Morgan fingerprint density at radius 3 is 2.53 bits per heavy atom. The number of rotatable bonds is 2. The van der Waals surface area contributed by atoms with Gasteiger partial charge in [0.15, 0.2) is 4.77 Å². The number of halogens is 2. The molecule has 1 N–H and O–H groups in total. The van der Waals surface area contributed by atoms with Crippen LogP contribution in [0.2, 0.25) is 0 Å². The number of benzene rings is 1. The van der Waals surface area contributed by atoms with Gasteiger partial charge >= 0.3 is 0 Å². The van der Waals surface area contributed by atoms with Gasteiger partial charge in [-0.15, -0.1) is 0 Å². The molecule has 0 amide bonds. The molecule has 0 aliphatic carbocycles. The van der Waals surface area contributed by atoms with Crippen molar-refractivity contribution in [3.63, 3.8) is 0 Å². The van der Waals surface area contributed by atoms with Gasteiger partial charge in [-0.25, -0.2) is 8.78 Å². The molecular formula is C9H7F2N3S. The Labute approximate surface area is 89.4 Å². The summed E-state index contributed by atoms with van der Waals surface area (Å²) in [7, 11) is 0. The molecule has 6 heteroatoms. The van der Waals surface area contributed by atoms with Gasteiger partial charge in [-0.2, -0.15) is 5.10 Å². The van der Waals surface area contributed by atoms with Crippen LogP contribution in [0.15, 0.2) is 30.3 Å². The maximum absolute atomic E-state index is 12.6. The smallest absolute Gasteiger partial charge is 0.267 e. The molecule has 0 radical (unpaired) electrons. The lowest BCUT2D eigenvalue weighted by atomic mass is 10.3. The molecule has 0 spiro atoms. The van der Waals surface area contributed by atoms with E-state index in [-0.39, 0.29) is 10.6 Å². The number of nitrogens with one attached hydrogen (secondary N) is 1. The number of hydrogen-bond donors (Lipinski definition) is 1. The fourth-order valence-corrected chi connectivity index (χ4v) is 1.53. The van der Waals surface area contributed by atoms with Gasteiger partial charge in [-0.3, -0.25) is 9.67 Å². The van der Waals surface area contributed by atoms with E-state index < -0.39 is 6.43 Å². The molecule has 0 unspecified atom stereocenters. The van der Waals surface area contributed by atoms with Crippen molar-refractivity contribution in [2.24, 2.45) is 0 Å². The topological polar surface area (TPSA) is 33.6 Å². The van der Waals surface area contributed by atoms with Crippen LogP contribution >= 0.6 is 12.2 Å². The van der Waals surface area contributed by atoms with Crippen LogP contribution < -0.4 is 0 Å². The van der Waals surface area contributed by atoms with Crippen LogP contribution in [0.5, 0.6) is 0 Å². The first kappa shape index (κ1) is 9.97. The monoisotopic (exact) mass is 227 g/mol. The number of H-pyrrole nitrogens is 1. The number of nitrogens with zero attached hydrogens (tertiary/aromatic N) is 2. The maximum atomic E-state index is 12.6. The average Bonchev–Trinajstić information content (AvgIpc) is 2.61. The molecule has 0 atom stereocenters. The highest BCUT2D eigenvalue weighted by atomic mass is 32.1. The van der Waals surface area contributed by atoms with E-state index in [1.165, 1.54) is 4.57 Å². The molecule has 1 heterocycles. The molecule has 0 aliphatic rings. The number of aromatic nitrogens is 3. The summed E-state index contributed by atoms with van der Waals surface area (Å²) in [5, 5.41) is 5.84. The molecule has 3 nitrogen and oxygen atoms in total. The summed E-state index contributed by atoms with van der Waals surface area (Å²) in [6, 6.07) is 8.68. The van der Waals surface area contributed by atoms with Crippen LogP contribution in [0, 0.1) is 4.77 Å². The van der Waals surface area contributed by atoms with E-state index >= 15 is 0 Å². The Kier molecular flexibility index (Phi) is 2.59. The van der Waals surface area contributed by atoms with Crippen LogP contribution in [-0.2, 0) is 0 Å². The predicted molar refractivity (Wildman–Crippen MR) is 53.7 cm³/mol. The summed E-state index contributed by atoms with van der Waals surface area (Å²) < 4.78 is 26.5. The van der Waals surface area contributed by atoms with Gasteiger partial charge in [0.2, 0.25) is 5.82 Å². The zero-order chi connectivity index (χ0) is 10.8. The Bertz CT molecular complexity index is 504. The van der Waals surface area contributed by atoms with Crippen LogP contribution in [0.25, 0.3) is 5.69 Å². The fraction of sp³-hybridized carbons (Fsp3) is 0.111. The molecule has 0 saturated carbocycles. The second kappa shape index (κ2) is 3.90. The van der Waals surface area contributed by atoms with Gasteiger partial charge in [0.1, 0.15) is 0 Å². The van der Waals surface area contributed by atoms with Gasteiger partial charge in [-0.05, 0) is 24.4 Å². The quantitative estimate of drug-likeness (QED) is 0.800. The molecule has 78 valence electrons. The third-order valence-corrected chi connectivity index (χ3v) is 2.18. The van der Waals surface area contributed by atoms with Crippen molar-refractivity contribution in [3.8, 4) is 5.69 Å². The second-order valence-corrected chi connectivity index (χ2v) is 3.25. The van der Waals surface area contributed by atoms with E-state index in [4.69, 9.17) is 12.2 Å². The molecule has 1 aromatic heterocycles. The normalized spacial score (nSPS) is 10.9. The predicted octanol–water partition coefficient (Wildman–Crippen LogP) is 2.87. The Balaban J connectivity index is 2.62. The van der Waals surface area contributed by atoms with E-state index in [0.717, 1.165) is 0 Å². The van der Waals surface area contributed by atoms with E-state index in [0.29, 0.717) is 5.69 Å². The Morgan fingerprint density at radius 1 is 1.27 bits per heavy atom. The van der Waals surface area contributed by atoms with Gasteiger partial charge in [-0.1, -0.05) is 18.2 Å². The van der Waals surface area contributed by atoms with Crippen molar-refractivity contribution in [2.45, 2.75) is 6.43 Å². The second-order valence-electron chi connectivity index (χ2n) is 2.86. The number of aromatic amines is 1. The highest BCUT2D eigenvalue weighted by molar-refractivity contribution is 7.71. The lowest BCUT2D eigenvalue weighted by Gasteiger charge is -2.04. The number of para-hydroxylation sites is 1. The molecule has 0 fully saturated rings. The van der Waals surface area contributed by atoms with Crippen LogP contribution in [-0.4, -0.2) is 14.8 Å². The summed E-state index contributed by atoms with van der Waals surface area (Å²) in [5.74, 6) is -0.369. The maximum Gasteiger partial charge on any atom is 0.297 e. The third-order valence-electron chi connectivity index (χ3n) is 1.91. The standard InChI is InChI=1S/C9H7F2N3S/c10-7(11)8-12-13-9(15)14(8)6-4-2-1-3-5-6/h1-5,7H,(H,13,15). The van der Waals surface area contributed by atoms with E-state index in [1.807, 2.05) is 0 Å². The van der Waals surface area contributed by atoms with Crippen molar-refractivity contribution in [3.05, 3.63) is 40.9 Å². The Hall–Kier alpha value is -1.56. The molecule has 1 aromatic carbocycles. The van der Waals surface area contributed by atoms with E-state index in [9.17, 15) is 8.78 Å². The van der Waals surface area contributed by atoms with Gasteiger partial charge in [0, 0.05) is 5.69 Å². The van der Waals surface area contributed by atoms with Crippen molar-refractivity contribution >= 4 is 12.2 Å². The molecule has 0 aliphatic heterocycles. The van der Waals surface area contributed by atoms with E-state index in [2.05, 4.69) is 10.2 Å². The zero-order valence-electron chi connectivity index (χ0n) is 7.52. The first-order valence-corrected chi connectivity index (χ1v) is 4.62. The summed E-state index contributed by atoms with van der Waals surface area (Å²) in [6.07, 6.45) is -2.65.